The second-order valence-electron chi connectivity index (χ2n) is 6.82. The number of hydrogen-bond donors (Lipinski definition) is 1. The highest BCUT2D eigenvalue weighted by atomic mass is 16.2. The minimum atomic E-state index is 0.107. The van der Waals surface area contributed by atoms with Gasteiger partial charge in [0, 0.05) is 36.7 Å². The van der Waals surface area contributed by atoms with Crippen molar-refractivity contribution in [2.24, 2.45) is 11.7 Å². The molecule has 24 heavy (non-hydrogen) atoms. The molecule has 0 saturated carbocycles. The van der Waals surface area contributed by atoms with Gasteiger partial charge in [-0.15, -0.1) is 0 Å². The van der Waals surface area contributed by atoms with Gasteiger partial charge >= 0.3 is 0 Å². The van der Waals surface area contributed by atoms with Gasteiger partial charge in [0.25, 0.3) is 5.91 Å². The number of carbonyl (C=O) groups is 1. The third kappa shape index (κ3) is 3.08. The number of aromatic nitrogens is 2. The minimum absolute atomic E-state index is 0.107. The van der Waals surface area contributed by atoms with Crippen molar-refractivity contribution in [1.29, 1.82) is 0 Å². The average molecular weight is 326 g/mol. The van der Waals surface area contributed by atoms with Gasteiger partial charge in [0.05, 0.1) is 5.56 Å². The molecule has 1 aliphatic rings. The second-order valence-corrected chi connectivity index (χ2v) is 6.82. The maximum absolute atomic E-state index is 13.0. The van der Waals surface area contributed by atoms with Crippen molar-refractivity contribution in [3.05, 3.63) is 47.4 Å². The molecule has 2 atom stereocenters. The molecule has 0 aromatic carbocycles. The Balaban J connectivity index is 1.89. The summed E-state index contributed by atoms with van der Waals surface area (Å²) in [5.74, 6) is 1.34. The number of nitrogens with zero attached hydrogens (tertiary/aromatic N) is 3. The monoisotopic (exact) mass is 326 g/mol. The highest BCUT2D eigenvalue weighted by Crippen LogP contribution is 2.24. The molecule has 2 unspecified atom stereocenters. The van der Waals surface area contributed by atoms with Gasteiger partial charge in [-0.3, -0.25) is 4.79 Å². The summed E-state index contributed by atoms with van der Waals surface area (Å²) in [6.07, 6.45) is 3.90. The van der Waals surface area contributed by atoms with E-state index in [0.717, 1.165) is 48.7 Å². The molecule has 1 fully saturated rings. The largest absolute Gasteiger partial charge is 0.338 e. The lowest BCUT2D eigenvalue weighted by atomic mass is 9.92. The lowest BCUT2D eigenvalue weighted by Gasteiger charge is -2.34. The number of carbonyl (C=O) groups excluding carboxylic acids is 1. The fourth-order valence-corrected chi connectivity index (χ4v) is 3.61. The Labute approximate surface area is 143 Å². The molecule has 1 amide bonds. The van der Waals surface area contributed by atoms with Crippen molar-refractivity contribution < 1.29 is 4.79 Å². The SMILES string of the molecule is Cc1cc(C(=O)N2CCCC(C(C)N)C2)c(C)n1-c1ccccn1. The van der Waals surface area contributed by atoms with Crippen LogP contribution in [0.2, 0.25) is 0 Å². The average Bonchev–Trinajstić information content (AvgIpc) is 2.89. The van der Waals surface area contributed by atoms with E-state index >= 15 is 0 Å². The van der Waals surface area contributed by atoms with Crippen molar-refractivity contribution in [2.45, 2.75) is 39.7 Å². The van der Waals surface area contributed by atoms with Crippen LogP contribution < -0.4 is 5.73 Å². The van der Waals surface area contributed by atoms with Gasteiger partial charge in [-0.05, 0) is 57.7 Å². The van der Waals surface area contributed by atoms with Gasteiger partial charge in [-0.1, -0.05) is 6.07 Å². The van der Waals surface area contributed by atoms with Crippen molar-refractivity contribution in [3.63, 3.8) is 0 Å². The van der Waals surface area contributed by atoms with Crippen LogP contribution in [0.4, 0.5) is 0 Å². The molecule has 5 nitrogen and oxygen atoms in total. The van der Waals surface area contributed by atoms with E-state index in [2.05, 4.69) is 4.98 Å². The lowest BCUT2D eigenvalue weighted by Crippen LogP contribution is -2.45. The fraction of sp³-hybridized carbons (Fsp3) is 0.474. The standard InChI is InChI=1S/C19H26N4O/c1-13-11-17(15(3)23(13)18-8-4-5-9-21-18)19(24)22-10-6-7-16(12-22)14(2)20/h4-5,8-9,11,14,16H,6-7,10,12,20H2,1-3H3. The van der Waals surface area contributed by atoms with Crippen molar-refractivity contribution in [2.75, 3.05) is 13.1 Å². The first-order valence-electron chi connectivity index (χ1n) is 8.64. The number of hydrogen-bond acceptors (Lipinski definition) is 3. The third-order valence-electron chi connectivity index (χ3n) is 5.03. The zero-order valence-electron chi connectivity index (χ0n) is 14.7. The van der Waals surface area contributed by atoms with Crippen molar-refractivity contribution >= 4 is 5.91 Å². The van der Waals surface area contributed by atoms with Crippen LogP contribution in [0.1, 0.15) is 41.5 Å². The Morgan fingerprint density at radius 3 is 2.83 bits per heavy atom. The van der Waals surface area contributed by atoms with Gasteiger partial charge in [0.1, 0.15) is 5.82 Å². The summed E-state index contributed by atoms with van der Waals surface area (Å²) in [6, 6.07) is 7.91. The first-order valence-corrected chi connectivity index (χ1v) is 8.64. The van der Waals surface area contributed by atoms with Crippen LogP contribution in [0, 0.1) is 19.8 Å². The summed E-state index contributed by atoms with van der Waals surface area (Å²) >= 11 is 0. The summed E-state index contributed by atoms with van der Waals surface area (Å²) in [5.41, 5.74) is 8.79. The van der Waals surface area contributed by atoms with Gasteiger partial charge in [-0.25, -0.2) is 4.98 Å². The number of likely N-dealkylation sites (tertiary alicyclic amines) is 1. The Bertz CT molecular complexity index is 720. The first-order chi connectivity index (χ1) is 11.5. The molecular weight excluding hydrogens is 300 g/mol. The van der Waals surface area contributed by atoms with Crippen LogP contribution in [0.25, 0.3) is 5.82 Å². The highest BCUT2D eigenvalue weighted by molar-refractivity contribution is 5.96. The third-order valence-corrected chi connectivity index (χ3v) is 5.03. The molecule has 3 heterocycles. The summed E-state index contributed by atoms with van der Waals surface area (Å²) in [6.45, 7) is 7.60. The van der Waals surface area contributed by atoms with E-state index < -0.39 is 0 Å². The minimum Gasteiger partial charge on any atom is -0.338 e. The molecular formula is C19H26N4O. The Morgan fingerprint density at radius 2 is 2.17 bits per heavy atom. The molecule has 0 radical (unpaired) electrons. The molecule has 0 bridgehead atoms. The van der Waals surface area contributed by atoms with E-state index in [-0.39, 0.29) is 11.9 Å². The smallest absolute Gasteiger partial charge is 0.255 e. The summed E-state index contributed by atoms with van der Waals surface area (Å²) in [7, 11) is 0. The number of pyridine rings is 1. The van der Waals surface area contributed by atoms with E-state index in [0.29, 0.717) is 5.92 Å². The molecule has 2 aromatic heterocycles. The topological polar surface area (TPSA) is 64.2 Å². The molecule has 3 rings (SSSR count). The molecule has 0 aliphatic carbocycles. The van der Waals surface area contributed by atoms with Crippen LogP contribution in [-0.4, -0.2) is 39.5 Å². The Hall–Kier alpha value is -2.14. The van der Waals surface area contributed by atoms with E-state index in [9.17, 15) is 4.79 Å². The van der Waals surface area contributed by atoms with Gasteiger partial charge in [-0.2, -0.15) is 0 Å². The number of piperidine rings is 1. The van der Waals surface area contributed by atoms with E-state index in [1.54, 1.807) is 6.20 Å². The number of nitrogens with two attached hydrogens (primary N) is 1. The van der Waals surface area contributed by atoms with Crippen molar-refractivity contribution in [1.82, 2.24) is 14.5 Å². The molecule has 1 saturated heterocycles. The zero-order valence-corrected chi connectivity index (χ0v) is 14.7. The quantitative estimate of drug-likeness (QED) is 0.943. The number of amides is 1. The molecule has 128 valence electrons. The summed E-state index contributed by atoms with van der Waals surface area (Å²) in [5, 5.41) is 0. The van der Waals surface area contributed by atoms with Crippen LogP contribution in [-0.2, 0) is 0 Å². The van der Waals surface area contributed by atoms with Gasteiger partial charge in [0.15, 0.2) is 0 Å². The normalized spacial score (nSPS) is 19.3. The Kier molecular flexibility index (Phi) is 4.71. The zero-order chi connectivity index (χ0) is 17.3. The molecule has 5 heteroatoms. The van der Waals surface area contributed by atoms with Gasteiger partial charge in [0.2, 0.25) is 0 Å². The van der Waals surface area contributed by atoms with Crippen molar-refractivity contribution in [3.8, 4) is 5.82 Å². The van der Waals surface area contributed by atoms with E-state index in [1.807, 2.05) is 54.5 Å². The second kappa shape index (κ2) is 6.77. The van der Waals surface area contributed by atoms with Crippen LogP contribution >= 0.6 is 0 Å². The highest BCUT2D eigenvalue weighted by Gasteiger charge is 2.28. The van der Waals surface area contributed by atoms with Crippen LogP contribution in [0.15, 0.2) is 30.5 Å². The molecule has 2 N–H and O–H groups in total. The summed E-state index contributed by atoms with van der Waals surface area (Å²) in [4.78, 5) is 19.4. The van der Waals surface area contributed by atoms with E-state index in [4.69, 9.17) is 5.73 Å². The molecule has 1 aliphatic heterocycles. The van der Waals surface area contributed by atoms with Gasteiger partial charge < -0.3 is 15.2 Å². The molecule has 2 aromatic rings. The first kappa shape index (κ1) is 16.7. The fourth-order valence-electron chi connectivity index (χ4n) is 3.61. The van der Waals surface area contributed by atoms with Crippen LogP contribution in [0.5, 0.6) is 0 Å². The number of aryl methyl sites for hydroxylation is 1. The maximum atomic E-state index is 13.0. The molecule has 0 spiro atoms. The predicted octanol–water partition coefficient (Wildman–Crippen LogP) is 2.69. The Morgan fingerprint density at radius 1 is 1.38 bits per heavy atom. The predicted molar refractivity (Wildman–Crippen MR) is 95.3 cm³/mol. The summed E-state index contributed by atoms with van der Waals surface area (Å²) < 4.78 is 2.04. The number of rotatable bonds is 3. The van der Waals surface area contributed by atoms with Crippen LogP contribution in [0.3, 0.4) is 0 Å². The van der Waals surface area contributed by atoms with E-state index in [1.165, 1.54) is 0 Å². The lowest BCUT2D eigenvalue weighted by molar-refractivity contribution is 0.0660. The maximum Gasteiger partial charge on any atom is 0.255 e.